The number of hydrogen-bond donors (Lipinski definition) is 2. The lowest BCUT2D eigenvalue weighted by molar-refractivity contribution is 0.188. The van der Waals surface area contributed by atoms with E-state index in [0.717, 1.165) is 26.2 Å². The van der Waals surface area contributed by atoms with Gasteiger partial charge in [-0.15, -0.1) is 12.4 Å². The molecule has 0 aromatic rings. The normalized spacial score (nSPS) is 23.4. The van der Waals surface area contributed by atoms with E-state index >= 15 is 0 Å². The van der Waals surface area contributed by atoms with Crippen molar-refractivity contribution in [3.8, 4) is 0 Å². The van der Waals surface area contributed by atoms with Crippen LogP contribution in [0.3, 0.4) is 0 Å². The number of nitrogens with zero attached hydrogens (tertiary/aromatic N) is 1. The molecule has 0 aromatic carbocycles. The fourth-order valence-corrected chi connectivity index (χ4v) is 1.09. The van der Waals surface area contributed by atoms with E-state index in [4.69, 9.17) is 5.73 Å². The zero-order valence-corrected chi connectivity index (χ0v) is 7.16. The molecule has 1 saturated heterocycles. The van der Waals surface area contributed by atoms with E-state index in [1.54, 1.807) is 0 Å². The lowest BCUT2D eigenvalue weighted by Crippen LogP contribution is -2.50. The molecule has 0 aromatic heterocycles. The molecule has 3 N–H and O–H groups in total. The van der Waals surface area contributed by atoms with Crippen LogP contribution in [0.15, 0.2) is 0 Å². The molecule has 3 nitrogen and oxygen atoms in total. The van der Waals surface area contributed by atoms with Crippen molar-refractivity contribution in [3.05, 3.63) is 0 Å². The molecule has 1 aliphatic heterocycles. The molecular formula is C6H16ClN3. The summed E-state index contributed by atoms with van der Waals surface area (Å²) in [6.45, 7) is 6.39. The van der Waals surface area contributed by atoms with Crippen LogP contribution >= 0.6 is 12.4 Å². The first kappa shape index (κ1) is 10.2. The van der Waals surface area contributed by atoms with Gasteiger partial charge >= 0.3 is 0 Å². The Morgan fingerprint density at radius 1 is 1.40 bits per heavy atom. The molecule has 1 heterocycles. The first-order chi connectivity index (χ1) is 4.30. The minimum Gasteiger partial charge on any atom is -0.316 e. The SMILES string of the molecule is CC(N)N1CCNCC1.Cl. The van der Waals surface area contributed by atoms with Gasteiger partial charge in [-0.25, -0.2) is 0 Å². The van der Waals surface area contributed by atoms with Gasteiger partial charge in [-0.1, -0.05) is 0 Å². The van der Waals surface area contributed by atoms with Crippen LogP contribution in [0.2, 0.25) is 0 Å². The Morgan fingerprint density at radius 2 is 1.90 bits per heavy atom. The Bertz CT molecular complexity index is 81.1. The van der Waals surface area contributed by atoms with Crippen LogP contribution in [0.5, 0.6) is 0 Å². The van der Waals surface area contributed by atoms with Gasteiger partial charge in [0.25, 0.3) is 0 Å². The fourth-order valence-electron chi connectivity index (χ4n) is 1.09. The van der Waals surface area contributed by atoms with Crippen molar-refractivity contribution < 1.29 is 0 Å². The third-order valence-corrected chi connectivity index (χ3v) is 1.73. The lowest BCUT2D eigenvalue weighted by Gasteiger charge is -2.30. The highest BCUT2D eigenvalue weighted by atomic mass is 35.5. The summed E-state index contributed by atoms with van der Waals surface area (Å²) in [7, 11) is 0. The maximum atomic E-state index is 5.67. The molecule has 1 rings (SSSR count). The molecule has 0 saturated carbocycles. The maximum Gasteiger partial charge on any atom is 0.0543 e. The van der Waals surface area contributed by atoms with Gasteiger partial charge in [-0.3, -0.25) is 4.90 Å². The van der Waals surface area contributed by atoms with Crippen LogP contribution in [-0.2, 0) is 0 Å². The Labute approximate surface area is 68.4 Å². The van der Waals surface area contributed by atoms with E-state index < -0.39 is 0 Å². The lowest BCUT2D eigenvalue weighted by atomic mass is 10.3. The average molecular weight is 166 g/mol. The van der Waals surface area contributed by atoms with Crippen molar-refractivity contribution in [3.63, 3.8) is 0 Å². The van der Waals surface area contributed by atoms with Crippen LogP contribution in [0.4, 0.5) is 0 Å². The summed E-state index contributed by atoms with van der Waals surface area (Å²) in [6, 6.07) is 0. The quantitative estimate of drug-likeness (QED) is 0.557. The number of hydrogen-bond acceptors (Lipinski definition) is 3. The topological polar surface area (TPSA) is 41.3 Å². The Morgan fingerprint density at radius 3 is 2.20 bits per heavy atom. The molecule has 1 atom stereocenters. The molecule has 1 unspecified atom stereocenters. The van der Waals surface area contributed by atoms with E-state index in [2.05, 4.69) is 10.2 Å². The van der Waals surface area contributed by atoms with E-state index in [1.165, 1.54) is 0 Å². The van der Waals surface area contributed by atoms with E-state index in [0.29, 0.717) is 0 Å². The number of halogens is 1. The van der Waals surface area contributed by atoms with Crippen LogP contribution in [-0.4, -0.2) is 37.2 Å². The van der Waals surface area contributed by atoms with Gasteiger partial charge in [0.15, 0.2) is 0 Å². The van der Waals surface area contributed by atoms with Crippen molar-refractivity contribution >= 4 is 12.4 Å². The Hall–Kier alpha value is 0.170. The van der Waals surface area contributed by atoms with Gasteiger partial charge in [0.2, 0.25) is 0 Å². The van der Waals surface area contributed by atoms with Gasteiger partial charge < -0.3 is 11.1 Å². The standard InChI is InChI=1S/C6H15N3.ClH/c1-6(7)9-4-2-8-3-5-9;/h6,8H,2-5,7H2,1H3;1H. The molecule has 1 aliphatic rings. The number of piperazine rings is 1. The number of rotatable bonds is 1. The van der Waals surface area contributed by atoms with E-state index in [1.807, 2.05) is 6.92 Å². The van der Waals surface area contributed by atoms with Crippen molar-refractivity contribution in [2.45, 2.75) is 13.1 Å². The average Bonchev–Trinajstić information content (AvgIpc) is 1.90. The Kier molecular flexibility index (Phi) is 4.99. The molecule has 4 heteroatoms. The zero-order valence-electron chi connectivity index (χ0n) is 6.34. The molecule has 1 fully saturated rings. The van der Waals surface area contributed by atoms with Gasteiger partial charge in [0.05, 0.1) is 6.17 Å². The molecule has 0 aliphatic carbocycles. The predicted octanol–water partition coefficient (Wildman–Crippen LogP) is -0.382. The summed E-state index contributed by atoms with van der Waals surface area (Å²) < 4.78 is 0. The second-order valence-electron chi connectivity index (χ2n) is 2.53. The summed E-state index contributed by atoms with van der Waals surface area (Å²) in [5.41, 5.74) is 5.67. The van der Waals surface area contributed by atoms with Crippen molar-refractivity contribution in [1.29, 1.82) is 0 Å². The van der Waals surface area contributed by atoms with Crippen molar-refractivity contribution in [1.82, 2.24) is 10.2 Å². The minimum atomic E-state index is 0. The minimum absolute atomic E-state index is 0. The highest BCUT2D eigenvalue weighted by Crippen LogP contribution is 1.93. The highest BCUT2D eigenvalue weighted by molar-refractivity contribution is 5.85. The number of nitrogens with one attached hydrogen (secondary N) is 1. The van der Waals surface area contributed by atoms with Gasteiger partial charge in [-0.2, -0.15) is 0 Å². The maximum absolute atomic E-state index is 5.67. The van der Waals surface area contributed by atoms with Gasteiger partial charge in [0.1, 0.15) is 0 Å². The summed E-state index contributed by atoms with van der Waals surface area (Å²) in [4.78, 5) is 2.27. The largest absolute Gasteiger partial charge is 0.316 e. The second-order valence-corrected chi connectivity index (χ2v) is 2.53. The highest BCUT2D eigenvalue weighted by Gasteiger charge is 2.11. The molecule has 0 amide bonds. The molecular weight excluding hydrogens is 150 g/mol. The first-order valence-electron chi connectivity index (χ1n) is 3.51. The van der Waals surface area contributed by atoms with Crippen LogP contribution in [0, 0.1) is 0 Å². The van der Waals surface area contributed by atoms with Gasteiger partial charge in [0, 0.05) is 26.2 Å². The molecule has 62 valence electrons. The monoisotopic (exact) mass is 165 g/mol. The molecule has 0 radical (unpaired) electrons. The summed E-state index contributed by atoms with van der Waals surface area (Å²) in [5.74, 6) is 0. The third kappa shape index (κ3) is 2.84. The van der Waals surface area contributed by atoms with E-state index in [9.17, 15) is 0 Å². The summed E-state index contributed by atoms with van der Waals surface area (Å²) >= 11 is 0. The molecule has 10 heavy (non-hydrogen) atoms. The van der Waals surface area contributed by atoms with Crippen LogP contribution in [0.25, 0.3) is 0 Å². The zero-order chi connectivity index (χ0) is 6.69. The summed E-state index contributed by atoms with van der Waals surface area (Å²) in [5, 5.41) is 3.27. The fraction of sp³-hybridized carbons (Fsp3) is 1.00. The third-order valence-electron chi connectivity index (χ3n) is 1.73. The van der Waals surface area contributed by atoms with Crippen molar-refractivity contribution in [2.75, 3.05) is 26.2 Å². The first-order valence-corrected chi connectivity index (χ1v) is 3.51. The number of nitrogens with two attached hydrogens (primary N) is 1. The van der Waals surface area contributed by atoms with Crippen LogP contribution < -0.4 is 11.1 Å². The molecule has 0 bridgehead atoms. The van der Waals surface area contributed by atoms with E-state index in [-0.39, 0.29) is 18.6 Å². The predicted molar refractivity (Wildman–Crippen MR) is 45.3 cm³/mol. The van der Waals surface area contributed by atoms with Crippen molar-refractivity contribution in [2.24, 2.45) is 5.73 Å². The summed E-state index contributed by atoms with van der Waals surface area (Å²) in [6.07, 6.45) is 0.229. The smallest absolute Gasteiger partial charge is 0.0543 e. The molecule has 0 spiro atoms. The van der Waals surface area contributed by atoms with Gasteiger partial charge in [-0.05, 0) is 6.92 Å². The Balaban J connectivity index is 0.000000810. The van der Waals surface area contributed by atoms with Crippen LogP contribution in [0.1, 0.15) is 6.92 Å². The second kappa shape index (κ2) is 4.91.